The molecule has 1 fully saturated rings. The Morgan fingerprint density at radius 2 is 1.85 bits per heavy atom. The summed E-state index contributed by atoms with van der Waals surface area (Å²) < 4.78 is 1.82. The normalized spacial score (nSPS) is 16.0. The monoisotopic (exact) mass is 381 g/mol. The van der Waals surface area contributed by atoms with Crippen LogP contribution in [0.3, 0.4) is 0 Å². The minimum Gasteiger partial charge on any atom is -0.508 e. The molecule has 0 atom stereocenters. The summed E-state index contributed by atoms with van der Waals surface area (Å²) in [7, 11) is 1.92. The SMILES string of the molecule is Cn1nc(-c2cccc(O)c2-c2cccc(O)c2)sc1=NC1CCCCC1. The lowest BCUT2D eigenvalue weighted by atomic mass is 9.96. The van der Waals surface area contributed by atoms with Crippen molar-refractivity contribution in [3.63, 3.8) is 0 Å². The Bertz CT molecular complexity index is 1020. The number of aromatic hydroxyl groups is 2. The van der Waals surface area contributed by atoms with Crippen LogP contribution >= 0.6 is 11.3 Å². The van der Waals surface area contributed by atoms with Gasteiger partial charge >= 0.3 is 0 Å². The summed E-state index contributed by atoms with van der Waals surface area (Å²) in [5.41, 5.74) is 2.27. The third kappa shape index (κ3) is 3.76. The maximum atomic E-state index is 10.5. The minimum absolute atomic E-state index is 0.166. The van der Waals surface area contributed by atoms with Gasteiger partial charge in [-0.1, -0.05) is 54.9 Å². The molecular weight excluding hydrogens is 358 g/mol. The third-order valence-electron chi connectivity index (χ3n) is 4.98. The number of aromatic nitrogens is 2. The lowest BCUT2D eigenvalue weighted by Crippen LogP contribution is -2.18. The van der Waals surface area contributed by atoms with E-state index in [1.807, 2.05) is 29.9 Å². The summed E-state index contributed by atoms with van der Waals surface area (Å²) >= 11 is 1.54. The number of phenolic OH excluding ortho intramolecular Hbond substituents is 2. The molecule has 27 heavy (non-hydrogen) atoms. The fourth-order valence-electron chi connectivity index (χ4n) is 3.62. The first kappa shape index (κ1) is 17.8. The fraction of sp³-hybridized carbons (Fsp3) is 0.333. The molecule has 1 saturated carbocycles. The summed E-state index contributed by atoms with van der Waals surface area (Å²) in [6.07, 6.45) is 6.10. The third-order valence-corrected chi connectivity index (χ3v) is 6.03. The Labute approximate surface area is 162 Å². The van der Waals surface area contributed by atoms with Crippen molar-refractivity contribution < 1.29 is 10.2 Å². The average molecular weight is 382 g/mol. The highest BCUT2D eigenvalue weighted by atomic mass is 32.1. The van der Waals surface area contributed by atoms with Gasteiger partial charge in [0, 0.05) is 18.2 Å². The second-order valence-corrected chi connectivity index (χ2v) is 7.94. The minimum atomic E-state index is 0.166. The van der Waals surface area contributed by atoms with E-state index >= 15 is 0 Å². The van der Waals surface area contributed by atoms with Crippen molar-refractivity contribution >= 4 is 11.3 Å². The second-order valence-electron chi connectivity index (χ2n) is 6.98. The predicted octanol–water partition coefficient (Wildman–Crippen LogP) is 4.46. The van der Waals surface area contributed by atoms with E-state index in [1.165, 1.54) is 30.6 Å². The zero-order valence-corrected chi connectivity index (χ0v) is 16.1. The number of phenols is 2. The van der Waals surface area contributed by atoms with Crippen LogP contribution in [0, 0.1) is 0 Å². The molecule has 1 aliphatic carbocycles. The van der Waals surface area contributed by atoms with Crippen molar-refractivity contribution in [2.24, 2.45) is 12.0 Å². The molecule has 2 N–H and O–H groups in total. The maximum absolute atomic E-state index is 10.5. The smallest absolute Gasteiger partial charge is 0.203 e. The van der Waals surface area contributed by atoms with E-state index in [0.717, 1.165) is 33.8 Å². The summed E-state index contributed by atoms with van der Waals surface area (Å²) in [6, 6.07) is 12.7. The molecule has 0 radical (unpaired) electrons. The van der Waals surface area contributed by atoms with Crippen molar-refractivity contribution in [1.29, 1.82) is 0 Å². The molecule has 1 heterocycles. The zero-order valence-electron chi connectivity index (χ0n) is 15.3. The highest BCUT2D eigenvalue weighted by molar-refractivity contribution is 7.12. The molecule has 0 amide bonds. The van der Waals surface area contributed by atoms with Gasteiger partial charge in [-0.05, 0) is 36.6 Å². The quantitative estimate of drug-likeness (QED) is 0.704. The van der Waals surface area contributed by atoms with Gasteiger partial charge in [0.1, 0.15) is 16.5 Å². The van der Waals surface area contributed by atoms with Gasteiger partial charge in [-0.2, -0.15) is 5.10 Å². The number of benzene rings is 2. The molecule has 2 aromatic carbocycles. The summed E-state index contributed by atoms with van der Waals surface area (Å²) in [5, 5.41) is 25.8. The lowest BCUT2D eigenvalue weighted by molar-refractivity contribution is 0.434. The molecule has 1 aromatic heterocycles. The number of hydrogen-bond acceptors (Lipinski definition) is 5. The van der Waals surface area contributed by atoms with Gasteiger partial charge in [-0.25, -0.2) is 4.68 Å². The molecule has 4 rings (SSSR count). The van der Waals surface area contributed by atoms with E-state index in [-0.39, 0.29) is 11.5 Å². The first-order chi connectivity index (χ1) is 13.1. The van der Waals surface area contributed by atoms with Crippen molar-refractivity contribution in [3.05, 3.63) is 47.3 Å². The van der Waals surface area contributed by atoms with E-state index in [0.29, 0.717) is 11.6 Å². The highest BCUT2D eigenvalue weighted by Gasteiger charge is 2.17. The molecule has 0 saturated heterocycles. The first-order valence-corrected chi connectivity index (χ1v) is 10.1. The van der Waals surface area contributed by atoms with Crippen LogP contribution in [0.1, 0.15) is 32.1 Å². The van der Waals surface area contributed by atoms with Crippen LogP contribution in [-0.4, -0.2) is 26.0 Å². The van der Waals surface area contributed by atoms with Crippen LogP contribution in [0.25, 0.3) is 21.7 Å². The summed E-state index contributed by atoms with van der Waals surface area (Å²) in [4.78, 5) is 5.82. The van der Waals surface area contributed by atoms with E-state index in [1.54, 1.807) is 24.3 Å². The molecule has 0 spiro atoms. The van der Waals surface area contributed by atoms with Gasteiger partial charge in [0.05, 0.1) is 6.04 Å². The lowest BCUT2D eigenvalue weighted by Gasteiger charge is -2.16. The number of hydrogen-bond donors (Lipinski definition) is 2. The van der Waals surface area contributed by atoms with Gasteiger partial charge in [0.2, 0.25) is 4.80 Å². The van der Waals surface area contributed by atoms with Gasteiger partial charge < -0.3 is 10.2 Å². The molecule has 5 nitrogen and oxygen atoms in total. The van der Waals surface area contributed by atoms with Crippen LogP contribution in [0.4, 0.5) is 0 Å². The Kier molecular flexibility index (Phi) is 4.99. The van der Waals surface area contributed by atoms with Crippen LogP contribution < -0.4 is 4.80 Å². The van der Waals surface area contributed by atoms with Crippen molar-refractivity contribution in [2.45, 2.75) is 38.1 Å². The Balaban J connectivity index is 1.80. The molecule has 1 aliphatic rings. The molecule has 0 unspecified atom stereocenters. The molecule has 3 aromatic rings. The van der Waals surface area contributed by atoms with E-state index < -0.39 is 0 Å². The van der Waals surface area contributed by atoms with Gasteiger partial charge in [0.25, 0.3) is 0 Å². The van der Waals surface area contributed by atoms with Gasteiger partial charge in [-0.3, -0.25) is 4.99 Å². The largest absolute Gasteiger partial charge is 0.508 e. The van der Waals surface area contributed by atoms with E-state index in [4.69, 9.17) is 4.99 Å². The van der Waals surface area contributed by atoms with E-state index in [2.05, 4.69) is 5.10 Å². The van der Waals surface area contributed by atoms with Crippen molar-refractivity contribution in [2.75, 3.05) is 0 Å². The molecule has 6 heteroatoms. The maximum Gasteiger partial charge on any atom is 0.203 e. The molecule has 140 valence electrons. The number of rotatable bonds is 3. The first-order valence-electron chi connectivity index (χ1n) is 9.31. The average Bonchev–Trinajstić information content (AvgIpc) is 3.03. The Morgan fingerprint density at radius 1 is 1.07 bits per heavy atom. The predicted molar refractivity (Wildman–Crippen MR) is 108 cm³/mol. The van der Waals surface area contributed by atoms with Gasteiger partial charge in [0.15, 0.2) is 0 Å². The summed E-state index contributed by atoms with van der Waals surface area (Å²) in [5.74, 6) is 0.334. The van der Waals surface area contributed by atoms with Crippen molar-refractivity contribution in [1.82, 2.24) is 9.78 Å². The highest BCUT2D eigenvalue weighted by Crippen LogP contribution is 2.39. The molecular formula is C21H23N3O2S. The molecule has 0 aliphatic heterocycles. The standard InChI is InChI=1S/C21H23N3O2S/c1-24-21(22-15-8-3-2-4-9-15)27-20(23-24)17-11-6-12-18(26)19(17)14-7-5-10-16(25)13-14/h5-7,10-13,15,25-26H,2-4,8-9H2,1H3. The van der Waals surface area contributed by atoms with Crippen molar-refractivity contribution in [3.8, 4) is 33.2 Å². The fourth-order valence-corrected chi connectivity index (χ4v) is 4.61. The number of nitrogens with zero attached hydrogens (tertiary/aromatic N) is 3. The van der Waals surface area contributed by atoms with Crippen LogP contribution in [-0.2, 0) is 7.05 Å². The van der Waals surface area contributed by atoms with Crippen LogP contribution in [0.2, 0.25) is 0 Å². The Morgan fingerprint density at radius 3 is 2.63 bits per heavy atom. The summed E-state index contributed by atoms with van der Waals surface area (Å²) in [6.45, 7) is 0. The van der Waals surface area contributed by atoms with E-state index in [9.17, 15) is 10.2 Å². The van der Waals surface area contributed by atoms with Gasteiger partial charge in [-0.15, -0.1) is 0 Å². The van der Waals surface area contributed by atoms with Crippen LogP contribution in [0.5, 0.6) is 11.5 Å². The number of aryl methyl sites for hydroxylation is 1. The molecule has 0 bridgehead atoms. The Hall–Kier alpha value is -2.60. The second kappa shape index (κ2) is 7.56. The topological polar surface area (TPSA) is 70.6 Å². The van der Waals surface area contributed by atoms with Crippen LogP contribution in [0.15, 0.2) is 47.5 Å². The zero-order chi connectivity index (χ0) is 18.8.